The van der Waals surface area contributed by atoms with Crippen LogP contribution in [0.25, 0.3) is 5.65 Å². The van der Waals surface area contributed by atoms with Gasteiger partial charge in [0.1, 0.15) is 5.82 Å². The Morgan fingerprint density at radius 3 is 2.06 bits per heavy atom. The van der Waals surface area contributed by atoms with E-state index >= 15 is 0 Å². The van der Waals surface area contributed by atoms with Crippen LogP contribution in [0.2, 0.25) is 0 Å². The summed E-state index contributed by atoms with van der Waals surface area (Å²) in [5, 5.41) is 4.49. The molecular weight excluding hydrogens is 401 g/mol. The first-order chi connectivity index (χ1) is 15.7. The maximum atomic E-state index is 13.2. The number of rotatable bonds is 6. The Hall–Kier alpha value is -3.41. The van der Waals surface area contributed by atoms with Gasteiger partial charge in [-0.2, -0.15) is 5.10 Å². The van der Waals surface area contributed by atoms with E-state index in [1.165, 1.54) is 29.1 Å². The van der Waals surface area contributed by atoms with Gasteiger partial charge in [-0.15, -0.1) is 0 Å². The zero-order valence-electron chi connectivity index (χ0n) is 18.4. The first-order valence-electron chi connectivity index (χ1n) is 11.4. The Morgan fingerprint density at radius 1 is 0.812 bits per heavy atom. The van der Waals surface area contributed by atoms with E-state index in [4.69, 9.17) is 4.98 Å². The van der Waals surface area contributed by atoms with Crippen molar-refractivity contribution in [2.45, 2.75) is 26.2 Å². The molecule has 4 aromatic rings. The number of piperazine rings is 1. The minimum atomic E-state index is -0.184. The van der Waals surface area contributed by atoms with Gasteiger partial charge in [-0.25, -0.2) is 13.9 Å². The van der Waals surface area contributed by atoms with Crippen LogP contribution in [0.1, 0.15) is 23.9 Å². The van der Waals surface area contributed by atoms with Crippen molar-refractivity contribution in [1.82, 2.24) is 14.6 Å². The number of hydrogen-bond acceptors (Lipinski definition) is 4. The van der Waals surface area contributed by atoms with Gasteiger partial charge in [0.2, 0.25) is 0 Å². The second kappa shape index (κ2) is 8.99. The molecule has 0 amide bonds. The minimum Gasteiger partial charge on any atom is -0.368 e. The van der Waals surface area contributed by atoms with Crippen molar-refractivity contribution >= 4 is 17.0 Å². The van der Waals surface area contributed by atoms with Crippen LogP contribution in [-0.4, -0.2) is 40.8 Å². The minimum absolute atomic E-state index is 0.184. The number of anilines is 2. The third-order valence-corrected chi connectivity index (χ3v) is 6.33. The Balaban J connectivity index is 1.20. The number of aryl methyl sites for hydroxylation is 3. The van der Waals surface area contributed by atoms with E-state index in [9.17, 15) is 4.39 Å². The monoisotopic (exact) mass is 429 g/mol. The average Bonchev–Trinajstić information content (AvgIpc) is 3.21. The number of aromatic nitrogens is 3. The zero-order chi connectivity index (χ0) is 21.9. The second-order valence-electron chi connectivity index (χ2n) is 8.27. The highest BCUT2D eigenvalue weighted by atomic mass is 19.1. The van der Waals surface area contributed by atoms with Gasteiger partial charge in [-0.1, -0.05) is 19.1 Å². The van der Waals surface area contributed by atoms with E-state index in [0.717, 1.165) is 62.5 Å². The molecule has 1 fully saturated rings. The van der Waals surface area contributed by atoms with Crippen LogP contribution in [0.3, 0.4) is 0 Å². The highest BCUT2D eigenvalue weighted by molar-refractivity contribution is 5.52. The van der Waals surface area contributed by atoms with Crippen molar-refractivity contribution in [1.29, 1.82) is 0 Å². The molecule has 3 heterocycles. The largest absolute Gasteiger partial charge is 0.368 e. The number of hydrogen-bond donors (Lipinski definition) is 0. The predicted octanol–water partition coefficient (Wildman–Crippen LogP) is 4.54. The normalized spacial score (nSPS) is 14.3. The maximum Gasteiger partial charge on any atom is 0.154 e. The van der Waals surface area contributed by atoms with Gasteiger partial charge in [-0.3, -0.25) is 0 Å². The average molecular weight is 430 g/mol. The van der Waals surface area contributed by atoms with Crippen LogP contribution >= 0.6 is 0 Å². The number of benzene rings is 2. The molecule has 0 spiro atoms. The van der Waals surface area contributed by atoms with Gasteiger partial charge >= 0.3 is 0 Å². The van der Waals surface area contributed by atoms with Crippen molar-refractivity contribution in [3.63, 3.8) is 0 Å². The Kier molecular flexibility index (Phi) is 5.75. The summed E-state index contributed by atoms with van der Waals surface area (Å²) in [6.07, 6.45) is 4.64. The lowest BCUT2D eigenvalue weighted by Crippen LogP contribution is -2.46. The topological polar surface area (TPSA) is 36.7 Å². The van der Waals surface area contributed by atoms with E-state index in [1.54, 1.807) is 0 Å². The summed E-state index contributed by atoms with van der Waals surface area (Å²) >= 11 is 0. The summed E-state index contributed by atoms with van der Waals surface area (Å²) < 4.78 is 15.2. The van der Waals surface area contributed by atoms with Crippen LogP contribution in [0.4, 0.5) is 15.8 Å². The van der Waals surface area contributed by atoms with Crippen molar-refractivity contribution in [2.24, 2.45) is 0 Å². The lowest BCUT2D eigenvalue weighted by molar-refractivity contribution is 0.625. The summed E-state index contributed by atoms with van der Waals surface area (Å²) in [4.78, 5) is 9.47. The highest BCUT2D eigenvalue weighted by Crippen LogP contribution is 2.22. The van der Waals surface area contributed by atoms with Crippen molar-refractivity contribution in [2.75, 3.05) is 36.0 Å². The fourth-order valence-electron chi connectivity index (χ4n) is 4.53. The van der Waals surface area contributed by atoms with E-state index < -0.39 is 0 Å². The molecule has 0 atom stereocenters. The van der Waals surface area contributed by atoms with Gasteiger partial charge in [0.25, 0.3) is 0 Å². The fraction of sp³-hybridized carbons (Fsp3) is 0.308. The van der Waals surface area contributed by atoms with Gasteiger partial charge in [0.15, 0.2) is 5.65 Å². The predicted molar refractivity (Wildman–Crippen MR) is 127 cm³/mol. The Morgan fingerprint density at radius 2 is 1.44 bits per heavy atom. The van der Waals surface area contributed by atoms with Gasteiger partial charge in [-0.05, 0) is 73.4 Å². The summed E-state index contributed by atoms with van der Waals surface area (Å²) in [5.74, 6) is -0.184. The van der Waals surface area contributed by atoms with Gasteiger partial charge in [0.05, 0.1) is 11.4 Å². The molecule has 2 aromatic heterocycles. The molecule has 0 N–H and O–H groups in total. The lowest BCUT2D eigenvalue weighted by atomic mass is 10.1. The first kappa shape index (κ1) is 20.5. The Labute approximate surface area is 188 Å². The highest BCUT2D eigenvalue weighted by Gasteiger charge is 2.18. The first-order valence-corrected chi connectivity index (χ1v) is 11.4. The summed E-state index contributed by atoms with van der Waals surface area (Å²) in [6.45, 7) is 5.95. The number of halogens is 1. The zero-order valence-corrected chi connectivity index (χ0v) is 18.4. The molecular formula is C26H28FN5. The van der Waals surface area contributed by atoms with E-state index in [2.05, 4.69) is 46.1 Å². The van der Waals surface area contributed by atoms with Crippen LogP contribution in [0, 0.1) is 5.82 Å². The van der Waals surface area contributed by atoms with Crippen LogP contribution in [0.15, 0.2) is 66.9 Å². The third kappa shape index (κ3) is 4.17. The van der Waals surface area contributed by atoms with Crippen molar-refractivity contribution in [3.05, 3.63) is 89.6 Å². The Bertz CT molecular complexity index is 1180. The van der Waals surface area contributed by atoms with Gasteiger partial charge in [0, 0.05) is 43.8 Å². The molecule has 1 aliphatic rings. The molecule has 6 heteroatoms. The molecule has 32 heavy (non-hydrogen) atoms. The summed E-state index contributed by atoms with van der Waals surface area (Å²) in [5.41, 5.74) is 6.96. The van der Waals surface area contributed by atoms with Crippen molar-refractivity contribution in [3.8, 4) is 0 Å². The van der Waals surface area contributed by atoms with E-state index in [0.29, 0.717) is 0 Å². The molecule has 0 saturated carbocycles. The van der Waals surface area contributed by atoms with Crippen LogP contribution < -0.4 is 9.80 Å². The molecule has 0 bridgehead atoms. The molecule has 1 saturated heterocycles. The number of fused-ring (bicyclic) bond motifs is 1. The maximum absolute atomic E-state index is 13.2. The summed E-state index contributed by atoms with van der Waals surface area (Å²) in [6, 6.07) is 19.7. The molecule has 1 aliphatic heterocycles. The number of imidazole rings is 1. The third-order valence-electron chi connectivity index (χ3n) is 6.33. The van der Waals surface area contributed by atoms with E-state index in [-0.39, 0.29) is 5.82 Å². The molecule has 164 valence electrons. The fourth-order valence-corrected chi connectivity index (χ4v) is 4.53. The lowest BCUT2D eigenvalue weighted by Gasteiger charge is -2.37. The molecule has 0 aliphatic carbocycles. The second-order valence-corrected chi connectivity index (χ2v) is 8.27. The molecule has 5 rings (SSSR count). The molecule has 0 unspecified atom stereocenters. The smallest absolute Gasteiger partial charge is 0.154 e. The molecule has 2 aromatic carbocycles. The standard InChI is InChI=1S/C26H28FN5/c1-2-24-25(32-26(29-24)4-3-15-28-32)14-7-20-5-10-22(11-6-20)30-16-18-31(19-17-30)23-12-8-21(27)9-13-23/h3-6,8-13,15H,2,7,14,16-19H2,1H3. The number of nitrogens with zero attached hydrogens (tertiary/aromatic N) is 5. The summed E-state index contributed by atoms with van der Waals surface area (Å²) in [7, 11) is 0. The molecule has 5 nitrogen and oxygen atoms in total. The van der Waals surface area contributed by atoms with Crippen LogP contribution in [-0.2, 0) is 19.3 Å². The molecule has 0 radical (unpaired) electrons. The quantitative estimate of drug-likeness (QED) is 0.451. The van der Waals surface area contributed by atoms with Gasteiger partial charge < -0.3 is 9.80 Å². The van der Waals surface area contributed by atoms with Crippen LogP contribution in [0.5, 0.6) is 0 Å². The van der Waals surface area contributed by atoms with Crippen molar-refractivity contribution < 1.29 is 4.39 Å². The SMILES string of the molecule is CCc1nc2cccnn2c1CCc1ccc(N2CCN(c3ccc(F)cc3)CC2)cc1. The van der Waals surface area contributed by atoms with E-state index in [1.807, 2.05) is 35.0 Å².